The summed E-state index contributed by atoms with van der Waals surface area (Å²) in [5, 5.41) is 4.37. The Morgan fingerprint density at radius 2 is 1.88 bits per heavy atom. The second-order valence-electron chi connectivity index (χ2n) is 5.25. The van der Waals surface area contributed by atoms with Crippen molar-refractivity contribution in [3.8, 4) is 5.82 Å². The van der Waals surface area contributed by atoms with Crippen LogP contribution in [0.15, 0.2) is 58.0 Å². The normalized spacial score (nSPS) is 11.5. The second kappa shape index (κ2) is 6.37. The van der Waals surface area contributed by atoms with Crippen molar-refractivity contribution in [1.82, 2.24) is 14.8 Å². The van der Waals surface area contributed by atoms with Crippen LogP contribution in [-0.2, 0) is 10.0 Å². The van der Waals surface area contributed by atoms with Gasteiger partial charge in [-0.2, -0.15) is 5.10 Å². The third-order valence-corrected chi connectivity index (χ3v) is 5.75. The molecule has 0 aliphatic rings. The molecule has 24 heavy (non-hydrogen) atoms. The minimum Gasteiger partial charge on any atom is -0.276 e. The maximum absolute atomic E-state index is 12.7. The van der Waals surface area contributed by atoms with E-state index in [0.717, 1.165) is 11.4 Å². The zero-order valence-electron chi connectivity index (χ0n) is 13.1. The summed E-state index contributed by atoms with van der Waals surface area (Å²) in [5.74, 6) is 0.429. The van der Waals surface area contributed by atoms with E-state index in [-0.39, 0.29) is 4.90 Å². The average Bonchev–Trinajstić information content (AvgIpc) is 2.86. The summed E-state index contributed by atoms with van der Waals surface area (Å²) in [7, 11) is -3.76. The highest BCUT2D eigenvalue weighted by molar-refractivity contribution is 9.10. The Labute approximate surface area is 148 Å². The lowest BCUT2D eigenvalue weighted by atomic mass is 10.3. The first-order chi connectivity index (χ1) is 11.4. The van der Waals surface area contributed by atoms with Gasteiger partial charge in [-0.1, -0.05) is 12.1 Å². The van der Waals surface area contributed by atoms with Gasteiger partial charge in [-0.05, 0) is 60.1 Å². The standard InChI is InChI=1S/C16H15BrN4O2S/c1-11-10-12(2)21(19-11)16-14(7-5-9-18-16)20-24(22,23)15-8-4-3-6-13(15)17/h3-10,20H,1-2H3. The fraction of sp³-hybridized carbons (Fsp3) is 0.125. The molecule has 0 amide bonds. The quantitative estimate of drug-likeness (QED) is 0.719. The lowest BCUT2D eigenvalue weighted by Crippen LogP contribution is -2.16. The summed E-state index contributed by atoms with van der Waals surface area (Å²) in [5.41, 5.74) is 2.06. The van der Waals surface area contributed by atoms with Crippen molar-refractivity contribution in [2.45, 2.75) is 18.7 Å². The Balaban J connectivity index is 2.06. The Bertz CT molecular complexity index is 999. The fourth-order valence-corrected chi connectivity index (χ4v) is 4.42. The molecule has 2 heterocycles. The van der Waals surface area contributed by atoms with Crippen LogP contribution in [-0.4, -0.2) is 23.2 Å². The first kappa shape index (κ1) is 16.7. The summed E-state index contributed by atoms with van der Waals surface area (Å²) in [4.78, 5) is 4.45. The van der Waals surface area contributed by atoms with Crippen LogP contribution in [0.3, 0.4) is 0 Å². The van der Waals surface area contributed by atoms with Crippen LogP contribution in [0.5, 0.6) is 0 Å². The van der Waals surface area contributed by atoms with E-state index in [4.69, 9.17) is 0 Å². The Kier molecular flexibility index (Phi) is 4.42. The molecule has 3 rings (SSSR count). The van der Waals surface area contributed by atoms with Crippen molar-refractivity contribution in [3.63, 3.8) is 0 Å². The number of hydrogen-bond donors (Lipinski definition) is 1. The van der Waals surface area contributed by atoms with Crippen molar-refractivity contribution < 1.29 is 8.42 Å². The van der Waals surface area contributed by atoms with Gasteiger partial charge in [0.1, 0.15) is 4.90 Å². The van der Waals surface area contributed by atoms with E-state index in [1.54, 1.807) is 41.2 Å². The third-order valence-electron chi connectivity index (χ3n) is 3.37. The van der Waals surface area contributed by atoms with Crippen LogP contribution in [0, 0.1) is 13.8 Å². The van der Waals surface area contributed by atoms with E-state index < -0.39 is 10.0 Å². The zero-order valence-corrected chi connectivity index (χ0v) is 15.5. The Hall–Kier alpha value is -2.19. The number of aromatic nitrogens is 3. The number of anilines is 1. The van der Waals surface area contributed by atoms with Gasteiger partial charge >= 0.3 is 0 Å². The van der Waals surface area contributed by atoms with Crippen molar-refractivity contribution in [2.24, 2.45) is 0 Å². The zero-order chi connectivity index (χ0) is 17.3. The molecule has 0 unspecified atom stereocenters. The molecule has 0 radical (unpaired) electrons. The summed E-state index contributed by atoms with van der Waals surface area (Å²) in [6.45, 7) is 3.76. The highest BCUT2D eigenvalue weighted by Gasteiger charge is 2.20. The monoisotopic (exact) mass is 406 g/mol. The lowest BCUT2D eigenvalue weighted by Gasteiger charge is -2.13. The van der Waals surface area contributed by atoms with Crippen molar-refractivity contribution >= 4 is 31.6 Å². The molecule has 0 saturated carbocycles. The summed E-state index contributed by atoms with van der Waals surface area (Å²) >= 11 is 3.27. The summed E-state index contributed by atoms with van der Waals surface area (Å²) in [6, 6.07) is 11.9. The number of rotatable bonds is 4. The summed E-state index contributed by atoms with van der Waals surface area (Å²) < 4.78 is 30.1. The van der Waals surface area contributed by atoms with Crippen LogP contribution in [0.4, 0.5) is 5.69 Å². The first-order valence-electron chi connectivity index (χ1n) is 7.14. The minimum atomic E-state index is -3.76. The van der Waals surface area contributed by atoms with Crippen LogP contribution in [0.2, 0.25) is 0 Å². The van der Waals surface area contributed by atoms with E-state index in [2.05, 4.69) is 30.7 Å². The molecule has 0 aliphatic carbocycles. The Morgan fingerprint density at radius 3 is 2.54 bits per heavy atom. The molecule has 1 aromatic carbocycles. The van der Waals surface area contributed by atoms with Crippen molar-refractivity contribution in [1.29, 1.82) is 0 Å². The smallest absolute Gasteiger partial charge is 0.263 e. The highest BCUT2D eigenvalue weighted by atomic mass is 79.9. The van der Waals surface area contributed by atoms with E-state index in [1.165, 1.54) is 6.07 Å². The van der Waals surface area contributed by atoms with Crippen LogP contribution in [0.1, 0.15) is 11.4 Å². The van der Waals surface area contributed by atoms with E-state index >= 15 is 0 Å². The van der Waals surface area contributed by atoms with Gasteiger partial charge in [-0.25, -0.2) is 18.1 Å². The maximum Gasteiger partial charge on any atom is 0.263 e. The predicted molar refractivity (Wildman–Crippen MR) is 95.8 cm³/mol. The van der Waals surface area contributed by atoms with E-state index in [0.29, 0.717) is 16.0 Å². The Morgan fingerprint density at radius 1 is 1.12 bits per heavy atom. The molecule has 0 fully saturated rings. The molecule has 6 nitrogen and oxygen atoms in total. The molecule has 1 N–H and O–H groups in total. The number of pyridine rings is 1. The van der Waals surface area contributed by atoms with Gasteiger partial charge in [-0.15, -0.1) is 0 Å². The number of hydrogen-bond acceptors (Lipinski definition) is 4. The first-order valence-corrected chi connectivity index (χ1v) is 9.42. The number of halogens is 1. The largest absolute Gasteiger partial charge is 0.276 e. The van der Waals surface area contributed by atoms with Crippen molar-refractivity contribution in [2.75, 3.05) is 4.72 Å². The highest BCUT2D eigenvalue weighted by Crippen LogP contribution is 2.26. The molecular formula is C16H15BrN4O2S. The average molecular weight is 407 g/mol. The number of sulfonamides is 1. The molecule has 3 aromatic rings. The molecule has 0 saturated heterocycles. The van der Waals surface area contributed by atoms with E-state index in [1.807, 2.05) is 19.9 Å². The fourth-order valence-electron chi connectivity index (χ4n) is 2.35. The van der Waals surface area contributed by atoms with Crippen LogP contribution >= 0.6 is 15.9 Å². The van der Waals surface area contributed by atoms with Gasteiger partial charge in [0.25, 0.3) is 10.0 Å². The molecule has 124 valence electrons. The number of benzene rings is 1. The molecule has 0 atom stereocenters. The van der Waals surface area contributed by atoms with Gasteiger partial charge in [0, 0.05) is 16.4 Å². The number of aryl methyl sites for hydroxylation is 2. The third kappa shape index (κ3) is 3.20. The van der Waals surface area contributed by atoms with Gasteiger partial charge in [0.15, 0.2) is 5.82 Å². The van der Waals surface area contributed by atoms with Crippen molar-refractivity contribution in [3.05, 3.63) is 64.5 Å². The van der Waals surface area contributed by atoms with Gasteiger partial charge in [0.2, 0.25) is 0 Å². The summed E-state index contributed by atoms with van der Waals surface area (Å²) in [6.07, 6.45) is 1.60. The van der Waals surface area contributed by atoms with E-state index in [9.17, 15) is 8.42 Å². The second-order valence-corrected chi connectivity index (χ2v) is 7.75. The molecule has 0 aliphatic heterocycles. The number of nitrogens with one attached hydrogen (secondary N) is 1. The molecular weight excluding hydrogens is 392 g/mol. The topological polar surface area (TPSA) is 76.9 Å². The molecule has 0 bridgehead atoms. The molecule has 0 spiro atoms. The van der Waals surface area contributed by atoms with Gasteiger partial charge < -0.3 is 0 Å². The molecule has 2 aromatic heterocycles. The SMILES string of the molecule is Cc1cc(C)n(-c2ncccc2NS(=O)(=O)c2ccccc2Br)n1. The van der Waals surface area contributed by atoms with Crippen LogP contribution < -0.4 is 4.72 Å². The maximum atomic E-state index is 12.7. The predicted octanol–water partition coefficient (Wildman–Crippen LogP) is 3.45. The van der Waals surface area contributed by atoms with Gasteiger partial charge in [-0.3, -0.25) is 4.72 Å². The molecule has 8 heteroatoms. The van der Waals surface area contributed by atoms with Gasteiger partial charge in [0.05, 0.1) is 11.4 Å². The lowest BCUT2D eigenvalue weighted by molar-refractivity contribution is 0.600. The van der Waals surface area contributed by atoms with Crippen LogP contribution in [0.25, 0.3) is 5.82 Å². The number of nitrogens with zero attached hydrogens (tertiary/aromatic N) is 3. The minimum absolute atomic E-state index is 0.160.